The number of anilines is 3. The molecule has 3 heteroatoms. The van der Waals surface area contributed by atoms with Crippen molar-refractivity contribution in [3.05, 3.63) is 18.2 Å². The molecule has 0 amide bonds. The number of nitrogens with two attached hydrogens (primary N) is 2. The molecule has 1 aromatic rings. The summed E-state index contributed by atoms with van der Waals surface area (Å²) in [5, 5.41) is 0. The standard InChI is InChI=1S/C8H13N3/c1-11(2)8-4-6(9)3-7(10)5-8/h3-5H,9-10H2,1-2H3. The first-order valence-corrected chi connectivity index (χ1v) is 3.43. The Hall–Kier alpha value is -1.38. The van der Waals surface area contributed by atoms with Crippen LogP contribution in [-0.4, -0.2) is 14.1 Å². The molecule has 4 N–H and O–H groups in total. The van der Waals surface area contributed by atoms with Crippen LogP contribution in [0.1, 0.15) is 0 Å². The molecule has 0 spiro atoms. The summed E-state index contributed by atoms with van der Waals surface area (Å²) in [6.45, 7) is 0. The second kappa shape index (κ2) is 2.70. The van der Waals surface area contributed by atoms with Crippen LogP contribution in [0.5, 0.6) is 0 Å². The van der Waals surface area contributed by atoms with E-state index in [0.29, 0.717) is 11.4 Å². The molecular weight excluding hydrogens is 138 g/mol. The maximum Gasteiger partial charge on any atom is 0.0402 e. The summed E-state index contributed by atoms with van der Waals surface area (Å²) < 4.78 is 0. The molecule has 0 aliphatic heterocycles. The van der Waals surface area contributed by atoms with Crippen LogP contribution in [0.4, 0.5) is 17.1 Å². The molecule has 1 aromatic carbocycles. The lowest BCUT2D eigenvalue weighted by molar-refractivity contribution is 1.13. The quantitative estimate of drug-likeness (QED) is 0.587. The molecule has 60 valence electrons. The van der Waals surface area contributed by atoms with Gasteiger partial charge in [-0.3, -0.25) is 0 Å². The molecule has 0 bridgehead atoms. The van der Waals surface area contributed by atoms with Gasteiger partial charge < -0.3 is 16.4 Å². The zero-order chi connectivity index (χ0) is 8.43. The van der Waals surface area contributed by atoms with Crippen molar-refractivity contribution in [2.24, 2.45) is 0 Å². The summed E-state index contributed by atoms with van der Waals surface area (Å²) in [5.41, 5.74) is 13.6. The Morgan fingerprint density at radius 1 is 1.00 bits per heavy atom. The van der Waals surface area contributed by atoms with E-state index in [1.54, 1.807) is 6.07 Å². The van der Waals surface area contributed by atoms with E-state index < -0.39 is 0 Å². The lowest BCUT2D eigenvalue weighted by Gasteiger charge is -2.13. The van der Waals surface area contributed by atoms with Gasteiger partial charge in [-0.1, -0.05) is 0 Å². The van der Waals surface area contributed by atoms with Gasteiger partial charge in [0, 0.05) is 31.2 Å². The van der Waals surface area contributed by atoms with E-state index in [1.165, 1.54) is 0 Å². The summed E-state index contributed by atoms with van der Waals surface area (Å²) in [6.07, 6.45) is 0. The third-order valence-corrected chi connectivity index (χ3v) is 1.48. The minimum atomic E-state index is 0.703. The third-order valence-electron chi connectivity index (χ3n) is 1.48. The average Bonchev–Trinajstić information content (AvgIpc) is 1.85. The molecule has 0 atom stereocenters. The fourth-order valence-corrected chi connectivity index (χ4v) is 0.917. The van der Waals surface area contributed by atoms with E-state index >= 15 is 0 Å². The zero-order valence-electron chi connectivity index (χ0n) is 6.83. The Balaban J connectivity index is 3.08. The van der Waals surface area contributed by atoms with Crippen molar-refractivity contribution >= 4 is 17.1 Å². The molecule has 3 nitrogen and oxygen atoms in total. The summed E-state index contributed by atoms with van der Waals surface area (Å²) >= 11 is 0. The van der Waals surface area contributed by atoms with E-state index in [4.69, 9.17) is 11.5 Å². The van der Waals surface area contributed by atoms with Gasteiger partial charge in [-0.05, 0) is 18.2 Å². The van der Waals surface area contributed by atoms with E-state index in [1.807, 2.05) is 31.1 Å². The van der Waals surface area contributed by atoms with Crippen LogP contribution < -0.4 is 16.4 Å². The molecule has 0 aliphatic rings. The Morgan fingerprint density at radius 2 is 1.45 bits per heavy atom. The van der Waals surface area contributed by atoms with Crippen molar-refractivity contribution < 1.29 is 0 Å². The van der Waals surface area contributed by atoms with Gasteiger partial charge in [0.15, 0.2) is 0 Å². The highest BCUT2D eigenvalue weighted by Crippen LogP contribution is 2.19. The Bertz CT molecular complexity index is 235. The summed E-state index contributed by atoms with van der Waals surface area (Å²) in [7, 11) is 3.91. The number of rotatable bonds is 1. The molecule has 0 saturated carbocycles. The number of benzene rings is 1. The number of nitrogens with zero attached hydrogens (tertiary/aromatic N) is 1. The van der Waals surface area contributed by atoms with E-state index in [-0.39, 0.29) is 0 Å². The normalized spacial score (nSPS) is 9.64. The number of hydrogen-bond acceptors (Lipinski definition) is 3. The number of nitrogen functional groups attached to an aromatic ring is 2. The minimum Gasteiger partial charge on any atom is -0.399 e. The fraction of sp³-hybridized carbons (Fsp3) is 0.250. The van der Waals surface area contributed by atoms with Crippen molar-refractivity contribution in [1.29, 1.82) is 0 Å². The smallest absolute Gasteiger partial charge is 0.0402 e. The van der Waals surface area contributed by atoms with Crippen LogP contribution in [0.15, 0.2) is 18.2 Å². The molecule has 0 saturated heterocycles. The lowest BCUT2D eigenvalue weighted by Crippen LogP contribution is -2.09. The Labute approximate surface area is 66.6 Å². The molecule has 11 heavy (non-hydrogen) atoms. The molecule has 0 radical (unpaired) electrons. The maximum atomic E-state index is 5.59. The first-order chi connectivity index (χ1) is 5.09. The van der Waals surface area contributed by atoms with Gasteiger partial charge in [-0.2, -0.15) is 0 Å². The topological polar surface area (TPSA) is 55.3 Å². The second-order valence-corrected chi connectivity index (χ2v) is 2.75. The van der Waals surface area contributed by atoms with Gasteiger partial charge >= 0.3 is 0 Å². The van der Waals surface area contributed by atoms with E-state index in [2.05, 4.69) is 0 Å². The van der Waals surface area contributed by atoms with Crippen LogP contribution in [0.25, 0.3) is 0 Å². The van der Waals surface area contributed by atoms with Crippen molar-refractivity contribution in [1.82, 2.24) is 0 Å². The van der Waals surface area contributed by atoms with Crippen molar-refractivity contribution in [3.8, 4) is 0 Å². The molecule has 0 fully saturated rings. The lowest BCUT2D eigenvalue weighted by atomic mass is 10.2. The Morgan fingerprint density at radius 3 is 1.82 bits per heavy atom. The highest BCUT2D eigenvalue weighted by atomic mass is 15.1. The summed E-state index contributed by atoms with van der Waals surface area (Å²) in [5.74, 6) is 0. The first-order valence-electron chi connectivity index (χ1n) is 3.43. The molecule has 1 rings (SSSR count). The highest BCUT2D eigenvalue weighted by molar-refractivity contribution is 5.64. The van der Waals surface area contributed by atoms with E-state index in [0.717, 1.165) is 5.69 Å². The summed E-state index contributed by atoms with van der Waals surface area (Å²) in [4.78, 5) is 1.96. The largest absolute Gasteiger partial charge is 0.399 e. The van der Waals surface area contributed by atoms with Gasteiger partial charge in [0.2, 0.25) is 0 Å². The molecule has 0 heterocycles. The van der Waals surface area contributed by atoms with Crippen LogP contribution in [0.3, 0.4) is 0 Å². The predicted molar refractivity (Wildman–Crippen MR) is 49.6 cm³/mol. The monoisotopic (exact) mass is 151 g/mol. The minimum absolute atomic E-state index is 0.703. The number of hydrogen-bond donors (Lipinski definition) is 2. The molecular formula is C8H13N3. The zero-order valence-corrected chi connectivity index (χ0v) is 6.83. The van der Waals surface area contributed by atoms with Gasteiger partial charge in [0.05, 0.1) is 0 Å². The highest BCUT2D eigenvalue weighted by Gasteiger charge is 1.96. The van der Waals surface area contributed by atoms with Gasteiger partial charge in [0.1, 0.15) is 0 Å². The van der Waals surface area contributed by atoms with Crippen molar-refractivity contribution in [3.63, 3.8) is 0 Å². The van der Waals surface area contributed by atoms with Crippen LogP contribution >= 0.6 is 0 Å². The van der Waals surface area contributed by atoms with Gasteiger partial charge in [-0.15, -0.1) is 0 Å². The molecule has 0 aliphatic carbocycles. The van der Waals surface area contributed by atoms with Crippen molar-refractivity contribution in [2.75, 3.05) is 30.5 Å². The average molecular weight is 151 g/mol. The SMILES string of the molecule is CN(C)c1cc(N)cc(N)c1. The van der Waals surface area contributed by atoms with Crippen LogP contribution in [-0.2, 0) is 0 Å². The molecule has 0 aromatic heterocycles. The summed E-state index contributed by atoms with van der Waals surface area (Å²) in [6, 6.07) is 5.51. The van der Waals surface area contributed by atoms with Crippen LogP contribution in [0.2, 0.25) is 0 Å². The third kappa shape index (κ3) is 1.77. The fourth-order valence-electron chi connectivity index (χ4n) is 0.917. The van der Waals surface area contributed by atoms with E-state index in [9.17, 15) is 0 Å². The Kier molecular flexibility index (Phi) is 1.89. The van der Waals surface area contributed by atoms with Crippen molar-refractivity contribution in [2.45, 2.75) is 0 Å². The van der Waals surface area contributed by atoms with Crippen LogP contribution in [0, 0.1) is 0 Å². The first kappa shape index (κ1) is 7.72. The van der Waals surface area contributed by atoms with Gasteiger partial charge in [-0.25, -0.2) is 0 Å². The second-order valence-electron chi connectivity index (χ2n) is 2.75. The predicted octanol–water partition coefficient (Wildman–Crippen LogP) is 0.917. The molecule has 0 unspecified atom stereocenters. The maximum absolute atomic E-state index is 5.59. The van der Waals surface area contributed by atoms with Gasteiger partial charge in [0.25, 0.3) is 0 Å².